The second kappa shape index (κ2) is 14.3. The number of rotatable bonds is 8. The first-order chi connectivity index (χ1) is 6.56. The van der Waals surface area contributed by atoms with Crippen LogP contribution in [0.5, 0.6) is 0 Å². The molecule has 100 valence electrons. The van der Waals surface area contributed by atoms with Crippen molar-refractivity contribution in [3.63, 3.8) is 0 Å². The van der Waals surface area contributed by atoms with Crippen molar-refractivity contribution in [2.45, 2.75) is 41.0 Å². The van der Waals surface area contributed by atoms with Crippen molar-refractivity contribution in [2.75, 3.05) is 19.7 Å². The van der Waals surface area contributed by atoms with Crippen LogP contribution in [0.3, 0.4) is 0 Å². The van der Waals surface area contributed by atoms with Crippen LogP contribution in [0.1, 0.15) is 41.0 Å². The third-order valence-electron chi connectivity index (χ3n) is 1.67. The molecule has 0 aliphatic rings. The molecule has 0 aliphatic heterocycles. The Kier molecular flexibility index (Phi) is 20.0. The molecule has 0 unspecified atom stereocenters. The minimum Gasteiger partial charge on any atom is -0.147 e. The first-order valence-electron chi connectivity index (χ1n) is 5.68. The van der Waals surface area contributed by atoms with Gasteiger partial charge in [0.25, 0.3) is 0 Å². The van der Waals surface area contributed by atoms with E-state index in [1.807, 2.05) is 0 Å². The van der Waals surface area contributed by atoms with Gasteiger partial charge in [-0.15, -0.1) is 24.8 Å². The molecule has 0 aromatic rings. The average molecular weight is 308 g/mol. The third-order valence-corrected chi connectivity index (χ3v) is 3.16. The number of hydrogen-bond acceptors (Lipinski definition) is 2. The normalized spacial score (nSPS) is 10.2. The minimum absolute atomic E-state index is 0. The van der Waals surface area contributed by atoms with Gasteiger partial charge in [0.05, 0.1) is 0 Å². The SMILES string of the molecule is CCC[O][Ti][N](CC(C)C)CC(C)C.Cl.Cl. The molecular formula is C11H27Cl2NOTi. The summed E-state index contributed by atoms with van der Waals surface area (Å²) in [4.78, 5) is 0. The van der Waals surface area contributed by atoms with Gasteiger partial charge in [-0.1, -0.05) is 0 Å². The maximum atomic E-state index is 5.70. The summed E-state index contributed by atoms with van der Waals surface area (Å²) in [5.74, 6) is 1.51. The summed E-state index contributed by atoms with van der Waals surface area (Å²) in [6.07, 6.45) is 1.14. The predicted octanol–water partition coefficient (Wildman–Crippen LogP) is 3.78. The zero-order valence-electron chi connectivity index (χ0n) is 11.2. The van der Waals surface area contributed by atoms with Gasteiger partial charge in [0.1, 0.15) is 0 Å². The molecule has 0 N–H and O–H groups in total. The van der Waals surface area contributed by atoms with E-state index in [4.69, 9.17) is 3.32 Å². The molecule has 16 heavy (non-hydrogen) atoms. The van der Waals surface area contributed by atoms with Crippen molar-refractivity contribution >= 4 is 24.8 Å². The van der Waals surface area contributed by atoms with E-state index in [0.717, 1.165) is 24.9 Å². The Morgan fingerprint density at radius 3 is 1.75 bits per heavy atom. The molecule has 0 bridgehead atoms. The van der Waals surface area contributed by atoms with E-state index in [1.54, 1.807) is 0 Å². The molecule has 0 amide bonds. The summed E-state index contributed by atoms with van der Waals surface area (Å²) >= 11 is -0.315. The Hall–Kier alpha value is 1.21. The number of hydrogen-bond donors (Lipinski definition) is 0. The van der Waals surface area contributed by atoms with Crippen LogP contribution in [0.25, 0.3) is 0 Å². The molecule has 0 fully saturated rings. The minimum atomic E-state index is -0.315. The van der Waals surface area contributed by atoms with Crippen LogP contribution >= 0.6 is 24.8 Å². The maximum absolute atomic E-state index is 5.70. The molecular weight excluding hydrogens is 281 g/mol. The fourth-order valence-corrected chi connectivity index (χ4v) is 3.39. The monoisotopic (exact) mass is 307 g/mol. The Morgan fingerprint density at radius 1 is 1.00 bits per heavy atom. The van der Waals surface area contributed by atoms with Crippen molar-refractivity contribution in [3.8, 4) is 0 Å². The summed E-state index contributed by atoms with van der Waals surface area (Å²) in [6.45, 7) is 14.6. The molecule has 0 atom stereocenters. The smallest absolute Gasteiger partial charge is 0.147 e. The molecule has 0 spiro atoms. The zero-order valence-corrected chi connectivity index (χ0v) is 14.3. The van der Waals surface area contributed by atoms with Gasteiger partial charge in [-0.05, 0) is 0 Å². The molecule has 0 aromatic heterocycles. The molecule has 0 heterocycles. The average Bonchev–Trinajstić information content (AvgIpc) is 2.02. The van der Waals surface area contributed by atoms with Gasteiger partial charge in [-0.25, -0.2) is 0 Å². The molecule has 0 aliphatic carbocycles. The maximum Gasteiger partial charge on any atom is -0.147 e. The Morgan fingerprint density at radius 2 is 1.44 bits per heavy atom. The van der Waals surface area contributed by atoms with Crippen molar-refractivity contribution in [3.05, 3.63) is 0 Å². The Bertz CT molecular complexity index is 127. The van der Waals surface area contributed by atoms with E-state index < -0.39 is 0 Å². The molecule has 0 saturated carbocycles. The van der Waals surface area contributed by atoms with Crippen molar-refractivity contribution in [2.24, 2.45) is 11.8 Å². The topological polar surface area (TPSA) is 12.5 Å². The number of halogens is 2. The molecule has 0 rings (SSSR count). The second-order valence-electron chi connectivity index (χ2n) is 4.63. The standard InChI is InChI=1S/C8H18N.C3H7O.2ClH.Ti/c1-7(2)5-9-6-8(3)4;1-2-3-4;;;/h7-8H,5-6H2,1-4H3;2-3H2,1H3;2*1H;/q2*-1;;;+2. The van der Waals surface area contributed by atoms with E-state index in [-0.39, 0.29) is 44.6 Å². The van der Waals surface area contributed by atoms with E-state index in [2.05, 4.69) is 38.0 Å². The largest absolute Gasteiger partial charge is 0.147 e. The van der Waals surface area contributed by atoms with Crippen LogP contribution in [0, 0.1) is 11.8 Å². The van der Waals surface area contributed by atoms with Crippen molar-refractivity contribution in [1.29, 1.82) is 0 Å². The van der Waals surface area contributed by atoms with Crippen LogP contribution in [0.2, 0.25) is 0 Å². The summed E-state index contributed by atoms with van der Waals surface area (Å²) < 4.78 is 8.23. The molecule has 0 saturated heterocycles. The molecule has 0 radical (unpaired) electrons. The van der Waals surface area contributed by atoms with Crippen molar-refractivity contribution < 1.29 is 23.1 Å². The van der Waals surface area contributed by atoms with Crippen LogP contribution in [-0.2, 0) is 23.1 Å². The van der Waals surface area contributed by atoms with Gasteiger partial charge in [-0.2, -0.15) is 0 Å². The van der Waals surface area contributed by atoms with Gasteiger partial charge in [-0.3, -0.25) is 0 Å². The van der Waals surface area contributed by atoms with E-state index >= 15 is 0 Å². The predicted molar refractivity (Wildman–Crippen MR) is 72.0 cm³/mol. The van der Waals surface area contributed by atoms with Gasteiger partial charge in [0, 0.05) is 0 Å². The van der Waals surface area contributed by atoms with E-state index in [0.29, 0.717) is 0 Å². The van der Waals surface area contributed by atoms with E-state index in [9.17, 15) is 0 Å². The molecule has 0 aromatic carbocycles. The van der Waals surface area contributed by atoms with Crippen LogP contribution in [0.15, 0.2) is 0 Å². The van der Waals surface area contributed by atoms with Crippen LogP contribution < -0.4 is 0 Å². The second-order valence-corrected chi connectivity index (χ2v) is 6.36. The zero-order chi connectivity index (χ0) is 11.0. The van der Waals surface area contributed by atoms with Gasteiger partial charge in [0.2, 0.25) is 0 Å². The summed E-state index contributed by atoms with van der Waals surface area (Å²) in [5.41, 5.74) is 0. The third kappa shape index (κ3) is 15.2. The number of nitrogens with zero attached hydrogens (tertiary/aromatic N) is 1. The summed E-state index contributed by atoms with van der Waals surface area (Å²) in [6, 6.07) is 0. The molecule has 5 heteroatoms. The van der Waals surface area contributed by atoms with Gasteiger partial charge >= 0.3 is 99.1 Å². The fraction of sp³-hybridized carbons (Fsp3) is 1.00. The van der Waals surface area contributed by atoms with Crippen LogP contribution in [0.4, 0.5) is 0 Å². The van der Waals surface area contributed by atoms with Crippen LogP contribution in [-0.4, -0.2) is 23.1 Å². The Labute approximate surface area is 123 Å². The summed E-state index contributed by atoms with van der Waals surface area (Å²) in [5, 5.41) is 0. The fourth-order valence-electron chi connectivity index (χ4n) is 1.27. The van der Waals surface area contributed by atoms with Crippen molar-refractivity contribution in [1.82, 2.24) is 3.38 Å². The van der Waals surface area contributed by atoms with E-state index in [1.165, 1.54) is 13.1 Å². The van der Waals surface area contributed by atoms with Gasteiger partial charge < -0.3 is 0 Å². The quantitative estimate of drug-likeness (QED) is 0.500. The first-order valence-corrected chi connectivity index (χ1v) is 7.02. The first kappa shape index (κ1) is 22.4. The summed E-state index contributed by atoms with van der Waals surface area (Å²) in [7, 11) is 0. The van der Waals surface area contributed by atoms with Gasteiger partial charge in [0.15, 0.2) is 0 Å². The Balaban J connectivity index is -0.000000845. The molecule has 2 nitrogen and oxygen atoms in total.